The maximum atomic E-state index is 13.5. The minimum atomic E-state index is -3.86. The predicted molar refractivity (Wildman–Crippen MR) is 129 cm³/mol. The van der Waals surface area contributed by atoms with Crippen LogP contribution in [0.2, 0.25) is 0 Å². The summed E-state index contributed by atoms with van der Waals surface area (Å²) in [4.78, 5) is 27.4. The lowest BCUT2D eigenvalue weighted by Gasteiger charge is -2.32. The highest BCUT2D eigenvalue weighted by Crippen LogP contribution is 2.35. The maximum Gasteiger partial charge on any atom is 0.244 e. The van der Waals surface area contributed by atoms with E-state index >= 15 is 0 Å². The van der Waals surface area contributed by atoms with Crippen molar-refractivity contribution in [1.82, 2.24) is 10.2 Å². The molecule has 0 aromatic heterocycles. The minimum Gasteiger partial charge on any atom is -0.486 e. The van der Waals surface area contributed by atoms with Gasteiger partial charge in [0.2, 0.25) is 21.8 Å². The number of likely N-dealkylation sites (N-methyl/N-ethyl adjacent to an activating group) is 1. The van der Waals surface area contributed by atoms with Gasteiger partial charge in [0, 0.05) is 19.2 Å². The molecule has 2 aromatic rings. The number of nitrogens with zero attached hydrogens (tertiary/aromatic N) is 2. The van der Waals surface area contributed by atoms with Crippen LogP contribution in [-0.2, 0) is 26.2 Å². The molecular formula is C24H30FN3O6S. The second-order valence-electron chi connectivity index (χ2n) is 7.95. The summed E-state index contributed by atoms with van der Waals surface area (Å²) in [6, 6.07) is 9.33. The summed E-state index contributed by atoms with van der Waals surface area (Å²) < 4.78 is 51.5. The number of carbonyl (C=O) groups excluding carboxylic acids is 2. The third kappa shape index (κ3) is 6.41. The highest BCUT2D eigenvalue weighted by molar-refractivity contribution is 7.92. The molecular weight excluding hydrogens is 477 g/mol. The number of anilines is 1. The number of fused-ring (bicyclic) bond motifs is 1. The van der Waals surface area contributed by atoms with Crippen LogP contribution in [-0.4, -0.2) is 63.2 Å². The van der Waals surface area contributed by atoms with Crippen LogP contribution in [0.15, 0.2) is 42.5 Å². The normalized spacial score (nSPS) is 13.6. The molecule has 1 atom stereocenters. The van der Waals surface area contributed by atoms with Crippen molar-refractivity contribution in [2.24, 2.45) is 0 Å². The molecule has 0 saturated carbocycles. The molecule has 2 aromatic carbocycles. The van der Waals surface area contributed by atoms with Gasteiger partial charge >= 0.3 is 0 Å². The van der Waals surface area contributed by atoms with Crippen molar-refractivity contribution in [1.29, 1.82) is 0 Å². The van der Waals surface area contributed by atoms with Crippen molar-refractivity contribution in [3.05, 3.63) is 53.8 Å². The van der Waals surface area contributed by atoms with Crippen LogP contribution in [0.4, 0.5) is 10.1 Å². The van der Waals surface area contributed by atoms with E-state index in [9.17, 15) is 22.4 Å². The van der Waals surface area contributed by atoms with E-state index < -0.39 is 34.3 Å². The molecule has 9 nitrogen and oxygen atoms in total. The van der Waals surface area contributed by atoms with E-state index in [1.807, 2.05) is 0 Å². The number of amides is 2. The number of nitrogens with one attached hydrogen (secondary N) is 1. The van der Waals surface area contributed by atoms with Gasteiger partial charge in [0.1, 0.15) is 31.6 Å². The summed E-state index contributed by atoms with van der Waals surface area (Å²) in [7, 11) is -3.86. The number of sulfonamides is 1. The van der Waals surface area contributed by atoms with E-state index in [4.69, 9.17) is 9.47 Å². The van der Waals surface area contributed by atoms with Crippen molar-refractivity contribution < 1.29 is 31.9 Å². The molecule has 11 heteroatoms. The van der Waals surface area contributed by atoms with E-state index in [-0.39, 0.29) is 23.9 Å². The Bertz CT molecular complexity index is 1160. The average Bonchev–Trinajstić information content (AvgIpc) is 2.86. The first-order valence-electron chi connectivity index (χ1n) is 11.4. The molecule has 0 bridgehead atoms. The molecule has 3 rings (SSSR count). The van der Waals surface area contributed by atoms with Gasteiger partial charge in [0.15, 0.2) is 11.5 Å². The Kier molecular flexibility index (Phi) is 8.55. The number of rotatable bonds is 10. The average molecular weight is 508 g/mol. The van der Waals surface area contributed by atoms with Crippen molar-refractivity contribution in [3.63, 3.8) is 0 Å². The first-order chi connectivity index (χ1) is 16.7. The molecule has 1 aliphatic heterocycles. The zero-order valence-electron chi connectivity index (χ0n) is 20.0. The number of hydrogen-bond acceptors (Lipinski definition) is 6. The summed E-state index contributed by atoms with van der Waals surface area (Å²) in [5.74, 6) is -0.757. The van der Waals surface area contributed by atoms with Crippen LogP contribution < -0.4 is 19.1 Å². The molecule has 0 spiro atoms. The van der Waals surface area contributed by atoms with Crippen molar-refractivity contribution in [3.8, 4) is 11.5 Å². The molecule has 1 aliphatic rings. The Morgan fingerprint density at radius 3 is 2.34 bits per heavy atom. The molecule has 0 radical (unpaired) electrons. The zero-order chi connectivity index (χ0) is 25.6. The number of carbonyl (C=O) groups is 2. The summed E-state index contributed by atoms with van der Waals surface area (Å²) >= 11 is 0. The minimum absolute atomic E-state index is 0.00142. The van der Waals surface area contributed by atoms with E-state index in [2.05, 4.69) is 5.32 Å². The second kappa shape index (κ2) is 11.4. The van der Waals surface area contributed by atoms with Crippen molar-refractivity contribution in [2.75, 3.05) is 36.4 Å². The van der Waals surface area contributed by atoms with Crippen LogP contribution >= 0.6 is 0 Å². The molecule has 1 unspecified atom stereocenters. The van der Waals surface area contributed by atoms with E-state index in [1.165, 1.54) is 42.2 Å². The van der Waals surface area contributed by atoms with Crippen molar-refractivity contribution >= 4 is 27.5 Å². The van der Waals surface area contributed by atoms with Gasteiger partial charge in [0.05, 0.1) is 11.4 Å². The van der Waals surface area contributed by atoms with Crippen LogP contribution in [0.5, 0.6) is 11.5 Å². The second-order valence-corrected chi connectivity index (χ2v) is 10.1. The third-order valence-corrected chi connectivity index (χ3v) is 7.32. The van der Waals surface area contributed by atoms with Gasteiger partial charge < -0.3 is 19.7 Å². The SMILES string of the molecule is CCNC(=O)C(C)N(Cc1ccc(F)cc1)C(=O)CN(c1ccc2c(c1)OCCO2)S(=O)(=O)CC. The third-order valence-electron chi connectivity index (χ3n) is 5.58. The van der Waals surface area contributed by atoms with Gasteiger partial charge in [-0.15, -0.1) is 0 Å². The van der Waals surface area contributed by atoms with Crippen LogP contribution in [0, 0.1) is 5.82 Å². The van der Waals surface area contributed by atoms with Crippen LogP contribution in [0.1, 0.15) is 26.3 Å². The van der Waals surface area contributed by atoms with Gasteiger partial charge in [-0.3, -0.25) is 13.9 Å². The summed E-state index contributed by atoms with van der Waals surface area (Å²) in [5.41, 5.74) is 0.844. The molecule has 2 amide bonds. The number of ether oxygens (including phenoxy) is 2. The lowest BCUT2D eigenvalue weighted by Crippen LogP contribution is -2.51. The molecule has 35 heavy (non-hydrogen) atoms. The first-order valence-corrected chi connectivity index (χ1v) is 13.0. The van der Waals surface area contributed by atoms with E-state index in [0.29, 0.717) is 36.8 Å². The lowest BCUT2D eigenvalue weighted by atomic mass is 10.1. The fraction of sp³-hybridized carbons (Fsp3) is 0.417. The highest BCUT2D eigenvalue weighted by atomic mass is 32.2. The fourth-order valence-corrected chi connectivity index (χ4v) is 4.65. The number of benzene rings is 2. The Labute approximate surface area is 204 Å². The van der Waals surface area contributed by atoms with Gasteiger partial charge in [-0.2, -0.15) is 0 Å². The fourth-order valence-electron chi connectivity index (χ4n) is 3.60. The Morgan fingerprint density at radius 1 is 1.06 bits per heavy atom. The predicted octanol–water partition coefficient (Wildman–Crippen LogP) is 2.31. The Balaban J connectivity index is 1.94. The van der Waals surface area contributed by atoms with E-state index in [0.717, 1.165) is 4.31 Å². The monoisotopic (exact) mass is 507 g/mol. The maximum absolute atomic E-state index is 13.5. The molecule has 190 valence electrons. The van der Waals surface area contributed by atoms with Gasteiger partial charge in [-0.25, -0.2) is 12.8 Å². The standard InChI is InChI=1S/C24H30FN3O6S/c1-4-26-24(30)17(3)27(15-18-6-8-19(25)9-7-18)23(29)16-28(35(31,32)5-2)20-10-11-21-22(14-20)34-13-12-33-21/h6-11,14,17H,4-5,12-13,15-16H2,1-3H3,(H,26,30). The first kappa shape index (κ1) is 26.3. The Morgan fingerprint density at radius 2 is 1.71 bits per heavy atom. The summed E-state index contributed by atoms with van der Waals surface area (Å²) in [6.45, 7) is 5.36. The smallest absolute Gasteiger partial charge is 0.244 e. The zero-order valence-corrected chi connectivity index (χ0v) is 20.8. The molecule has 0 saturated heterocycles. The highest BCUT2D eigenvalue weighted by Gasteiger charge is 2.31. The molecule has 1 N–H and O–H groups in total. The van der Waals surface area contributed by atoms with Gasteiger partial charge in [-0.1, -0.05) is 12.1 Å². The molecule has 1 heterocycles. The molecule has 0 aliphatic carbocycles. The van der Waals surface area contributed by atoms with Crippen LogP contribution in [0.25, 0.3) is 0 Å². The topological polar surface area (TPSA) is 105 Å². The van der Waals surface area contributed by atoms with Crippen molar-refractivity contribution in [2.45, 2.75) is 33.4 Å². The largest absolute Gasteiger partial charge is 0.486 e. The Hall–Kier alpha value is -3.34. The summed E-state index contributed by atoms with van der Waals surface area (Å²) in [6.07, 6.45) is 0. The number of halogens is 1. The molecule has 0 fully saturated rings. The lowest BCUT2D eigenvalue weighted by molar-refractivity contribution is -0.139. The van der Waals surface area contributed by atoms with E-state index in [1.54, 1.807) is 26.0 Å². The van der Waals surface area contributed by atoms with Crippen LogP contribution in [0.3, 0.4) is 0 Å². The van der Waals surface area contributed by atoms with Gasteiger partial charge in [0.25, 0.3) is 0 Å². The number of hydrogen-bond donors (Lipinski definition) is 1. The quantitative estimate of drug-likeness (QED) is 0.529. The summed E-state index contributed by atoms with van der Waals surface area (Å²) in [5, 5.41) is 2.68. The van der Waals surface area contributed by atoms with Gasteiger partial charge in [-0.05, 0) is 50.6 Å².